The van der Waals surface area contributed by atoms with Gasteiger partial charge >= 0.3 is 6.09 Å². The maximum absolute atomic E-state index is 11.9. The Balaban J connectivity index is 1.81. The van der Waals surface area contributed by atoms with Crippen molar-refractivity contribution in [1.29, 1.82) is 0 Å². The third kappa shape index (κ3) is 4.52. The minimum absolute atomic E-state index is 0.0610. The van der Waals surface area contributed by atoms with Gasteiger partial charge in [0.15, 0.2) is 8.32 Å². The fraction of sp³-hybridized carbons (Fsp3) is 0.600. The van der Waals surface area contributed by atoms with Crippen molar-refractivity contribution in [2.24, 2.45) is 4.99 Å². The zero-order valence-corrected chi connectivity index (χ0v) is 20.4. The van der Waals surface area contributed by atoms with E-state index in [0.29, 0.717) is 18.8 Å². The summed E-state index contributed by atoms with van der Waals surface area (Å²) < 4.78 is 7.46. The number of likely N-dealkylation sites (tertiary alicyclic amines) is 1. The Morgan fingerprint density at radius 2 is 2.00 bits per heavy atom. The molecule has 2 heterocycles. The SMILES string of the molecule is CC1(c2ccc(Br)cc2)N=C([C@@H]2C[C@@H](O[Si](C)(C)C(C)(C)C)CN2C(=O)O)NO1. The number of benzene rings is 1. The van der Waals surface area contributed by atoms with Crippen LogP contribution in [0.3, 0.4) is 0 Å². The zero-order chi connectivity index (χ0) is 21.6. The molecule has 0 spiro atoms. The van der Waals surface area contributed by atoms with Gasteiger partial charge in [0.2, 0.25) is 5.72 Å². The molecule has 1 aromatic carbocycles. The lowest BCUT2D eigenvalue weighted by Crippen LogP contribution is -2.45. The van der Waals surface area contributed by atoms with E-state index in [9.17, 15) is 9.90 Å². The van der Waals surface area contributed by atoms with Crippen LogP contribution in [-0.2, 0) is 15.0 Å². The summed E-state index contributed by atoms with van der Waals surface area (Å²) in [7, 11) is -2.01. The standard InChI is InChI=1S/C20H30BrN3O4Si/c1-19(2,3)29(5,6)27-15-11-16(24(12-15)18(25)26)17-22-20(4,28-23-17)13-7-9-14(21)10-8-13/h7-10,15-16H,11-12H2,1-6H3,(H,22,23)(H,25,26)/t15-,16+,20?/m1/s1. The highest BCUT2D eigenvalue weighted by Crippen LogP contribution is 2.39. The van der Waals surface area contributed by atoms with Crippen molar-refractivity contribution in [2.45, 2.75) is 70.1 Å². The summed E-state index contributed by atoms with van der Waals surface area (Å²) in [6.07, 6.45) is -0.566. The van der Waals surface area contributed by atoms with Gasteiger partial charge in [0.1, 0.15) is 5.84 Å². The van der Waals surface area contributed by atoms with Crippen molar-refractivity contribution in [3.05, 3.63) is 34.3 Å². The van der Waals surface area contributed by atoms with Crippen molar-refractivity contribution < 1.29 is 19.2 Å². The summed E-state index contributed by atoms with van der Waals surface area (Å²) in [6, 6.07) is 7.31. The third-order valence-electron chi connectivity index (χ3n) is 6.16. The van der Waals surface area contributed by atoms with E-state index in [0.717, 1.165) is 10.0 Å². The highest BCUT2D eigenvalue weighted by molar-refractivity contribution is 9.10. The third-order valence-corrected chi connectivity index (χ3v) is 11.2. The Bertz CT molecular complexity index is 809. The van der Waals surface area contributed by atoms with E-state index in [2.05, 4.69) is 55.3 Å². The molecule has 1 aromatic rings. The number of nitrogens with one attached hydrogen (secondary N) is 1. The van der Waals surface area contributed by atoms with Gasteiger partial charge in [0.05, 0.1) is 12.1 Å². The molecule has 0 radical (unpaired) electrons. The number of hydrogen-bond donors (Lipinski definition) is 2. The average molecular weight is 484 g/mol. The first kappa shape index (κ1) is 22.3. The van der Waals surface area contributed by atoms with E-state index in [1.54, 1.807) is 0 Å². The predicted molar refractivity (Wildman–Crippen MR) is 118 cm³/mol. The van der Waals surface area contributed by atoms with Crippen molar-refractivity contribution >= 4 is 36.2 Å². The van der Waals surface area contributed by atoms with Crippen LogP contribution in [0.2, 0.25) is 18.1 Å². The zero-order valence-electron chi connectivity index (χ0n) is 17.8. The van der Waals surface area contributed by atoms with Gasteiger partial charge in [-0.25, -0.2) is 20.1 Å². The van der Waals surface area contributed by atoms with Gasteiger partial charge in [-0.1, -0.05) is 48.8 Å². The van der Waals surface area contributed by atoms with Crippen LogP contribution in [-0.4, -0.2) is 48.9 Å². The molecule has 2 N–H and O–H groups in total. The first-order chi connectivity index (χ1) is 13.3. The molecule has 1 fully saturated rings. The van der Waals surface area contributed by atoms with Crippen LogP contribution in [0, 0.1) is 0 Å². The van der Waals surface area contributed by atoms with Crippen LogP contribution in [0.25, 0.3) is 0 Å². The lowest BCUT2D eigenvalue weighted by molar-refractivity contribution is -0.0461. The number of halogens is 1. The fourth-order valence-electron chi connectivity index (χ4n) is 3.40. The van der Waals surface area contributed by atoms with Crippen molar-refractivity contribution in [3.8, 4) is 0 Å². The number of amidine groups is 1. The summed E-state index contributed by atoms with van der Waals surface area (Å²) in [4.78, 5) is 23.8. The Kier molecular flexibility index (Phi) is 5.90. The van der Waals surface area contributed by atoms with E-state index >= 15 is 0 Å². The molecule has 2 aliphatic heterocycles. The van der Waals surface area contributed by atoms with Gasteiger partial charge in [0, 0.05) is 23.0 Å². The van der Waals surface area contributed by atoms with Crippen LogP contribution in [0.15, 0.2) is 33.7 Å². The molecule has 29 heavy (non-hydrogen) atoms. The summed E-state index contributed by atoms with van der Waals surface area (Å²) in [6.45, 7) is 13.1. The predicted octanol–water partition coefficient (Wildman–Crippen LogP) is 4.70. The van der Waals surface area contributed by atoms with Gasteiger partial charge in [-0.3, -0.25) is 4.90 Å². The molecule has 160 valence electrons. The molecule has 3 rings (SSSR count). The Morgan fingerprint density at radius 3 is 2.55 bits per heavy atom. The molecular weight excluding hydrogens is 454 g/mol. The largest absolute Gasteiger partial charge is 0.465 e. The van der Waals surface area contributed by atoms with Crippen LogP contribution >= 0.6 is 15.9 Å². The van der Waals surface area contributed by atoms with Crippen LogP contribution in [0.4, 0.5) is 4.79 Å². The maximum atomic E-state index is 11.9. The van der Waals surface area contributed by atoms with Crippen molar-refractivity contribution in [2.75, 3.05) is 6.54 Å². The highest BCUT2D eigenvalue weighted by atomic mass is 79.9. The quantitative estimate of drug-likeness (QED) is 0.606. The summed E-state index contributed by atoms with van der Waals surface area (Å²) in [5.74, 6) is 0.527. The van der Waals surface area contributed by atoms with E-state index in [4.69, 9.17) is 14.3 Å². The lowest BCUT2D eigenvalue weighted by Gasteiger charge is -2.38. The van der Waals surface area contributed by atoms with Gasteiger partial charge in [-0.2, -0.15) is 0 Å². The molecular formula is C20H30BrN3O4Si. The topological polar surface area (TPSA) is 83.4 Å². The van der Waals surface area contributed by atoms with Gasteiger partial charge in [0.25, 0.3) is 0 Å². The van der Waals surface area contributed by atoms with Gasteiger partial charge in [-0.05, 0) is 37.2 Å². The van der Waals surface area contributed by atoms with E-state index in [1.165, 1.54) is 4.90 Å². The fourth-order valence-corrected chi connectivity index (χ4v) is 5.02. The maximum Gasteiger partial charge on any atom is 0.408 e. The molecule has 3 atom stereocenters. The second kappa shape index (κ2) is 7.68. The first-order valence-electron chi connectivity index (χ1n) is 9.79. The highest BCUT2D eigenvalue weighted by Gasteiger charge is 2.47. The van der Waals surface area contributed by atoms with Crippen molar-refractivity contribution in [3.63, 3.8) is 0 Å². The smallest absolute Gasteiger partial charge is 0.408 e. The molecule has 0 saturated carbocycles. The minimum Gasteiger partial charge on any atom is -0.465 e. The molecule has 1 unspecified atom stereocenters. The molecule has 0 aliphatic carbocycles. The number of amides is 1. The number of aliphatic imine (C=N–C) groups is 1. The summed E-state index contributed by atoms with van der Waals surface area (Å²) >= 11 is 3.43. The van der Waals surface area contributed by atoms with Crippen LogP contribution < -0.4 is 5.48 Å². The van der Waals surface area contributed by atoms with Gasteiger partial charge in [-0.15, -0.1) is 0 Å². The molecule has 7 nitrogen and oxygen atoms in total. The molecule has 0 aromatic heterocycles. The number of hydroxylamine groups is 1. The average Bonchev–Trinajstić information content (AvgIpc) is 3.18. The number of rotatable bonds is 4. The van der Waals surface area contributed by atoms with Crippen LogP contribution in [0.1, 0.15) is 39.7 Å². The Morgan fingerprint density at radius 1 is 1.38 bits per heavy atom. The van der Waals surface area contributed by atoms with E-state index in [-0.39, 0.29) is 11.1 Å². The molecule has 1 amide bonds. The van der Waals surface area contributed by atoms with E-state index in [1.807, 2.05) is 31.2 Å². The number of carbonyl (C=O) groups is 1. The minimum atomic E-state index is -2.01. The number of hydrogen-bond acceptors (Lipinski definition) is 5. The first-order valence-corrected chi connectivity index (χ1v) is 13.5. The van der Waals surface area contributed by atoms with Crippen molar-refractivity contribution in [1.82, 2.24) is 10.4 Å². The summed E-state index contributed by atoms with van der Waals surface area (Å²) in [5, 5.41) is 9.81. The number of carboxylic acid groups (broad SMARTS) is 1. The van der Waals surface area contributed by atoms with Gasteiger partial charge < -0.3 is 9.53 Å². The normalized spacial score (nSPS) is 27.7. The lowest BCUT2D eigenvalue weighted by atomic mass is 10.1. The monoisotopic (exact) mass is 483 g/mol. The molecule has 2 aliphatic rings. The Labute approximate surface area is 181 Å². The summed E-state index contributed by atoms with van der Waals surface area (Å²) in [5.41, 5.74) is 2.87. The van der Waals surface area contributed by atoms with Crippen LogP contribution in [0.5, 0.6) is 0 Å². The number of nitrogens with zero attached hydrogens (tertiary/aromatic N) is 2. The Hall–Kier alpha value is -1.42. The van der Waals surface area contributed by atoms with E-state index < -0.39 is 26.2 Å². The molecule has 0 bridgehead atoms. The molecule has 1 saturated heterocycles. The molecule has 9 heteroatoms. The second-order valence-corrected chi connectivity index (χ2v) is 15.0. The second-order valence-electron chi connectivity index (χ2n) is 9.38.